The van der Waals surface area contributed by atoms with Crippen LogP contribution in [0.4, 0.5) is 13.2 Å². The lowest BCUT2D eigenvalue weighted by Gasteiger charge is -2.14. The van der Waals surface area contributed by atoms with Gasteiger partial charge in [-0.3, -0.25) is 0 Å². The van der Waals surface area contributed by atoms with Crippen molar-refractivity contribution < 1.29 is 13.2 Å². The molecule has 2 aromatic rings. The Morgan fingerprint density at radius 3 is 2.24 bits per heavy atom. The molecule has 6 heteroatoms. The Labute approximate surface area is 134 Å². The predicted octanol–water partition coefficient (Wildman–Crippen LogP) is 5.36. The second kappa shape index (κ2) is 6.38. The maximum absolute atomic E-state index is 12.5. The molecule has 2 N–H and O–H groups in total. The summed E-state index contributed by atoms with van der Waals surface area (Å²) >= 11 is 9.29. The van der Waals surface area contributed by atoms with Crippen molar-refractivity contribution in [2.45, 2.75) is 18.6 Å². The first kappa shape index (κ1) is 16.3. The van der Waals surface area contributed by atoms with Gasteiger partial charge in [-0.1, -0.05) is 39.7 Å². The van der Waals surface area contributed by atoms with Gasteiger partial charge >= 0.3 is 6.18 Å². The third kappa shape index (κ3) is 4.46. The molecule has 21 heavy (non-hydrogen) atoms. The highest BCUT2D eigenvalue weighted by Crippen LogP contribution is 2.30. The van der Waals surface area contributed by atoms with Crippen LogP contribution in [0.15, 0.2) is 46.9 Å². The summed E-state index contributed by atoms with van der Waals surface area (Å²) in [6, 6.07) is 10.0. The molecule has 0 radical (unpaired) electrons. The first-order valence-electron chi connectivity index (χ1n) is 6.13. The van der Waals surface area contributed by atoms with E-state index in [-0.39, 0.29) is 6.04 Å². The van der Waals surface area contributed by atoms with Crippen LogP contribution < -0.4 is 5.73 Å². The van der Waals surface area contributed by atoms with Crippen molar-refractivity contribution in [3.05, 3.63) is 68.7 Å². The van der Waals surface area contributed by atoms with Crippen molar-refractivity contribution in [2.75, 3.05) is 0 Å². The Kier molecular flexibility index (Phi) is 4.96. The molecule has 0 aromatic heterocycles. The third-order valence-electron chi connectivity index (χ3n) is 3.05. The quantitative estimate of drug-likeness (QED) is 0.764. The van der Waals surface area contributed by atoms with Crippen LogP contribution >= 0.6 is 27.5 Å². The molecule has 1 unspecified atom stereocenters. The van der Waals surface area contributed by atoms with E-state index in [9.17, 15) is 13.2 Å². The van der Waals surface area contributed by atoms with Gasteiger partial charge < -0.3 is 5.73 Å². The molecular weight excluding hydrogens is 367 g/mol. The number of hydrogen-bond acceptors (Lipinski definition) is 1. The smallest absolute Gasteiger partial charge is 0.324 e. The Balaban J connectivity index is 2.14. The fourth-order valence-electron chi connectivity index (χ4n) is 1.99. The van der Waals surface area contributed by atoms with E-state index in [1.54, 1.807) is 12.1 Å². The van der Waals surface area contributed by atoms with E-state index in [1.807, 2.05) is 6.07 Å². The summed E-state index contributed by atoms with van der Waals surface area (Å²) in [6.07, 6.45) is -3.89. The SMILES string of the molecule is NC(Cc1ccc(C(F)(F)F)cc1)c1cc(Cl)cc(Br)c1. The van der Waals surface area contributed by atoms with Crippen LogP contribution in [0.2, 0.25) is 5.02 Å². The second-order valence-electron chi connectivity index (χ2n) is 4.71. The Morgan fingerprint density at radius 2 is 1.71 bits per heavy atom. The summed E-state index contributed by atoms with van der Waals surface area (Å²) in [7, 11) is 0. The lowest BCUT2D eigenvalue weighted by atomic mass is 9.99. The van der Waals surface area contributed by atoms with Gasteiger partial charge in [0, 0.05) is 15.5 Å². The largest absolute Gasteiger partial charge is 0.416 e. The first-order valence-corrected chi connectivity index (χ1v) is 7.30. The van der Waals surface area contributed by atoms with Gasteiger partial charge in [0.25, 0.3) is 0 Å². The number of nitrogens with two attached hydrogens (primary N) is 1. The normalized spacial score (nSPS) is 13.2. The van der Waals surface area contributed by atoms with Crippen molar-refractivity contribution in [3.8, 4) is 0 Å². The second-order valence-corrected chi connectivity index (χ2v) is 6.06. The van der Waals surface area contributed by atoms with Crippen LogP contribution in [-0.4, -0.2) is 0 Å². The summed E-state index contributed by atoms with van der Waals surface area (Å²) in [5, 5.41) is 0.558. The fourth-order valence-corrected chi connectivity index (χ4v) is 2.88. The molecule has 0 heterocycles. The molecule has 0 aliphatic carbocycles. The fraction of sp³-hybridized carbons (Fsp3) is 0.200. The van der Waals surface area contributed by atoms with E-state index in [0.717, 1.165) is 27.7 Å². The molecule has 0 aliphatic heterocycles. The topological polar surface area (TPSA) is 26.0 Å². The lowest BCUT2D eigenvalue weighted by Crippen LogP contribution is -2.13. The van der Waals surface area contributed by atoms with Crippen molar-refractivity contribution in [1.82, 2.24) is 0 Å². The minimum absolute atomic E-state index is 0.336. The van der Waals surface area contributed by atoms with Crippen LogP contribution in [0.3, 0.4) is 0 Å². The van der Waals surface area contributed by atoms with Crippen LogP contribution in [0, 0.1) is 0 Å². The highest BCUT2D eigenvalue weighted by atomic mass is 79.9. The van der Waals surface area contributed by atoms with Gasteiger partial charge in [0.1, 0.15) is 0 Å². The molecule has 0 aliphatic rings. The maximum atomic E-state index is 12.5. The minimum Gasteiger partial charge on any atom is -0.324 e. The number of halogens is 5. The molecule has 0 bridgehead atoms. The molecule has 0 amide bonds. The molecule has 2 rings (SSSR count). The average Bonchev–Trinajstić information content (AvgIpc) is 2.37. The molecule has 1 atom stereocenters. The van der Waals surface area contributed by atoms with Crippen LogP contribution in [0.1, 0.15) is 22.7 Å². The number of rotatable bonds is 3. The van der Waals surface area contributed by atoms with Gasteiger partial charge in [0.2, 0.25) is 0 Å². The van der Waals surface area contributed by atoms with Gasteiger partial charge in [0.15, 0.2) is 0 Å². The average molecular weight is 379 g/mol. The monoisotopic (exact) mass is 377 g/mol. The summed E-state index contributed by atoms with van der Waals surface area (Å²) in [6.45, 7) is 0. The van der Waals surface area contributed by atoms with Crippen molar-refractivity contribution in [3.63, 3.8) is 0 Å². The van der Waals surface area contributed by atoms with Crippen molar-refractivity contribution >= 4 is 27.5 Å². The van der Waals surface area contributed by atoms with E-state index in [0.29, 0.717) is 11.4 Å². The van der Waals surface area contributed by atoms with Crippen LogP contribution in [-0.2, 0) is 12.6 Å². The summed E-state index contributed by atoms with van der Waals surface area (Å²) in [5.74, 6) is 0. The van der Waals surface area contributed by atoms with Crippen molar-refractivity contribution in [2.24, 2.45) is 5.73 Å². The van der Waals surface area contributed by atoms with Crippen LogP contribution in [0.5, 0.6) is 0 Å². The summed E-state index contributed by atoms with van der Waals surface area (Å²) in [5.41, 5.74) is 7.00. The van der Waals surface area contributed by atoms with E-state index in [2.05, 4.69) is 15.9 Å². The van der Waals surface area contributed by atoms with Gasteiger partial charge in [-0.25, -0.2) is 0 Å². The number of alkyl halides is 3. The van der Waals surface area contributed by atoms with E-state index in [1.165, 1.54) is 12.1 Å². The maximum Gasteiger partial charge on any atom is 0.416 e. The zero-order chi connectivity index (χ0) is 15.6. The highest BCUT2D eigenvalue weighted by Gasteiger charge is 2.29. The zero-order valence-electron chi connectivity index (χ0n) is 10.8. The molecule has 0 fully saturated rings. The summed E-state index contributed by atoms with van der Waals surface area (Å²) < 4.78 is 38.3. The van der Waals surface area contributed by atoms with Gasteiger partial charge in [-0.2, -0.15) is 13.2 Å². The molecule has 1 nitrogen and oxygen atoms in total. The zero-order valence-corrected chi connectivity index (χ0v) is 13.1. The van der Waals surface area contributed by atoms with E-state index >= 15 is 0 Å². The molecular formula is C15H12BrClF3N. The van der Waals surface area contributed by atoms with Gasteiger partial charge in [0.05, 0.1) is 5.56 Å². The Hall–Kier alpha value is -1.04. The number of hydrogen-bond donors (Lipinski definition) is 1. The molecule has 0 saturated carbocycles. The first-order chi connectivity index (χ1) is 9.75. The third-order valence-corrected chi connectivity index (χ3v) is 3.73. The molecule has 2 aromatic carbocycles. The minimum atomic E-state index is -4.32. The molecule has 112 valence electrons. The van der Waals surface area contributed by atoms with Gasteiger partial charge in [-0.15, -0.1) is 0 Å². The standard InChI is InChI=1S/C15H12BrClF3N/c16-12-6-10(7-13(17)8-12)14(21)5-9-1-3-11(4-2-9)15(18,19)20/h1-4,6-8,14H,5,21H2. The Morgan fingerprint density at radius 1 is 1.10 bits per heavy atom. The predicted molar refractivity (Wildman–Crippen MR) is 81.2 cm³/mol. The number of benzene rings is 2. The van der Waals surface area contributed by atoms with E-state index < -0.39 is 11.7 Å². The summed E-state index contributed by atoms with van der Waals surface area (Å²) in [4.78, 5) is 0. The van der Waals surface area contributed by atoms with Gasteiger partial charge in [-0.05, 0) is 47.9 Å². The van der Waals surface area contributed by atoms with Crippen LogP contribution in [0.25, 0.3) is 0 Å². The Bertz CT molecular complexity index is 606. The van der Waals surface area contributed by atoms with E-state index in [4.69, 9.17) is 17.3 Å². The lowest BCUT2D eigenvalue weighted by molar-refractivity contribution is -0.137. The highest BCUT2D eigenvalue weighted by molar-refractivity contribution is 9.10. The molecule has 0 spiro atoms. The van der Waals surface area contributed by atoms with Crippen molar-refractivity contribution in [1.29, 1.82) is 0 Å². The molecule has 0 saturated heterocycles.